The molecule has 0 radical (unpaired) electrons. The van der Waals surface area contributed by atoms with Crippen molar-refractivity contribution >= 4 is 27.5 Å². The lowest BCUT2D eigenvalue weighted by Crippen LogP contribution is -2.18. The number of halogens is 2. The summed E-state index contributed by atoms with van der Waals surface area (Å²) in [5.41, 5.74) is 7.22. The van der Waals surface area contributed by atoms with Crippen molar-refractivity contribution in [3.8, 4) is 0 Å². The number of hydrogen-bond acceptors (Lipinski definition) is 1. The van der Waals surface area contributed by atoms with E-state index in [1.54, 1.807) is 0 Å². The van der Waals surface area contributed by atoms with Crippen LogP contribution < -0.4 is 5.73 Å². The molecule has 2 N–H and O–H groups in total. The van der Waals surface area contributed by atoms with Crippen LogP contribution in [0, 0.1) is 5.92 Å². The quantitative estimate of drug-likeness (QED) is 0.882. The molecule has 3 heteroatoms. The maximum Gasteiger partial charge on any atom is 0.0410 e. The summed E-state index contributed by atoms with van der Waals surface area (Å²) in [6, 6.07) is 5.79. The number of benzene rings is 1. The Morgan fingerprint density at radius 3 is 2.71 bits per heavy atom. The minimum absolute atomic E-state index is 0.0491. The largest absolute Gasteiger partial charge is 0.324 e. The van der Waals surface area contributed by atoms with Gasteiger partial charge in [-0.3, -0.25) is 0 Å². The van der Waals surface area contributed by atoms with Gasteiger partial charge in [0.1, 0.15) is 0 Å². The van der Waals surface area contributed by atoms with E-state index in [2.05, 4.69) is 29.8 Å². The summed E-state index contributed by atoms with van der Waals surface area (Å²) in [6.45, 7) is 4.29. The Hall–Kier alpha value is -0.0500. The Morgan fingerprint density at radius 2 is 2.14 bits per heavy atom. The molecule has 0 heterocycles. The third-order valence-electron chi connectivity index (χ3n) is 2.57. The zero-order chi connectivity index (χ0) is 10.7. The molecule has 1 aromatic rings. The van der Waals surface area contributed by atoms with Gasteiger partial charge in [-0.25, -0.2) is 0 Å². The molecular formula is C11H15BrClN. The Balaban J connectivity index is 2.99. The Morgan fingerprint density at radius 1 is 1.50 bits per heavy atom. The van der Waals surface area contributed by atoms with E-state index in [0.29, 0.717) is 5.92 Å². The van der Waals surface area contributed by atoms with Crippen LogP contribution in [0.1, 0.15) is 31.9 Å². The predicted octanol–water partition coefficient (Wildman–Crippen LogP) is 4.15. The van der Waals surface area contributed by atoms with Crippen molar-refractivity contribution in [3.63, 3.8) is 0 Å². The first-order chi connectivity index (χ1) is 6.56. The van der Waals surface area contributed by atoms with Gasteiger partial charge in [0, 0.05) is 15.5 Å². The summed E-state index contributed by atoms with van der Waals surface area (Å²) < 4.78 is 1.04. The minimum Gasteiger partial charge on any atom is -0.324 e. The number of hydrogen-bond donors (Lipinski definition) is 1. The molecule has 0 fully saturated rings. The van der Waals surface area contributed by atoms with E-state index in [9.17, 15) is 0 Å². The van der Waals surface area contributed by atoms with Gasteiger partial charge < -0.3 is 5.73 Å². The number of rotatable bonds is 3. The highest BCUT2D eigenvalue weighted by molar-refractivity contribution is 9.10. The monoisotopic (exact) mass is 275 g/mol. The average Bonchev–Trinajstić information content (AvgIpc) is 2.19. The molecule has 0 aromatic heterocycles. The summed E-state index contributed by atoms with van der Waals surface area (Å²) in [5.74, 6) is 0.463. The van der Waals surface area contributed by atoms with Gasteiger partial charge in [0.15, 0.2) is 0 Å². The van der Waals surface area contributed by atoms with E-state index >= 15 is 0 Å². The highest BCUT2D eigenvalue weighted by Gasteiger charge is 2.15. The van der Waals surface area contributed by atoms with Crippen molar-refractivity contribution in [2.45, 2.75) is 26.3 Å². The van der Waals surface area contributed by atoms with Crippen LogP contribution in [0.2, 0.25) is 5.02 Å². The van der Waals surface area contributed by atoms with Crippen LogP contribution in [-0.4, -0.2) is 0 Å². The molecule has 0 aliphatic carbocycles. The SMILES string of the molecule is CCC(C)[C@H](N)c1cc(Cl)ccc1Br. The normalized spacial score (nSPS) is 15.2. The molecule has 78 valence electrons. The van der Waals surface area contributed by atoms with E-state index in [0.717, 1.165) is 21.5 Å². The standard InChI is InChI=1S/C11H15BrClN/c1-3-7(2)11(14)9-6-8(13)4-5-10(9)12/h4-7,11H,3,14H2,1-2H3/t7?,11-/m0/s1. The van der Waals surface area contributed by atoms with Crippen molar-refractivity contribution in [2.75, 3.05) is 0 Å². The van der Waals surface area contributed by atoms with Gasteiger partial charge in [-0.05, 0) is 29.7 Å². The van der Waals surface area contributed by atoms with Crippen molar-refractivity contribution < 1.29 is 0 Å². The molecule has 0 aliphatic rings. The molecule has 0 aliphatic heterocycles. The smallest absolute Gasteiger partial charge is 0.0410 e. The molecule has 0 bridgehead atoms. The van der Waals surface area contributed by atoms with Gasteiger partial charge in [0.05, 0.1) is 0 Å². The fourth-order valence-corrected chi connectivity index (χ4v) is 2.02. The van der Waals surface area contributed by atoms with Crippen LogP contribution in [0.25, 0.3) is 0 Å². The highest BCUT2D eigenvalue weighted by Crippen LogP contribution is 2.30. The first-order valence-electron chi connectivity index (χ1n) is 4.76. The summed E-state index contributed by atoms with van der Waals surface area (Å²) in [7, 11) is 0. The van der Waals surface area contributed by atoms with E-state index in [1.807, 2.05) is 18.2 Å². The predicted molar refractivity (Wildman–Crippen MR) is 65.5 cm³/mol. The first-order valence-corrected chi connectivity index (χ1v) is 5.94. The second-order valence-corrected chi connectivity index (χ2v) is 4.87. The molecule has 0 amide bonds. The highest BCUT2D eigenvalue weighted by atomic mass is 79.9. The fraction of sp³-hybridized carbons (Fsp3) is 0.455. The maximum absolute atomic E-state index is 6.13. The Kier molecular flexibility index (Phi) is 4.42. The minimum atomic E-state index is 0.0491. The second-order valence-electron chi connectivity index (χ2n) is 3.58. The van der Waals surface area contributed by atoms with Gasteiger partial charge in [-0.1, -0.05) is 47.8 Å². The zero-order valence-electron chi connectivity index (χ0n) is 8.43. The molecule has 1 aromatic carbocycles. The topological polar surface area (TPSA) is 26.0 Å². The van der Waals surface area contributed by atoms with E-state index in [-0.39, 0.29) is 6.04 Å². The van der Waals surface area contributed by atoms with E-state index in [1.165, 1.54) is 0 Å². The summed E-state index contributed by atoms with van der Waals surface area (Å²) >= 11 is 9.42. The van der Waals surface area contributed by atoms with E-state index in [4.69, 9.17) is 17.3 Å². The third-order valence-corrected chi connectivity index (χ3v) is 3.53. The molecule has 1 rings (SSSR count). The lowest BCUT2D eigenvalue weighted by molar-refractivity contribution is 0.455. The van der Waals surface area contributed by atoms with Crippen LogP contribution in [0.15, 0.2) is 22.7 Å². The zero-order valence-corrected chi connectivity index (χ0v) is 10.8. The molecule has 2 atom stereocenters. The maximum atomic E-state index is 6.13. The molecule has 0 spiro atoms. The van der Waals surface area contributed by atoms with Gasteiger partial charge >= 0.3 is 0 Å². The average molecular weight is 277 g/mol. The Labute approximate surface area is 98.8 Å². The molecule has 1 nitrogen and oxygen atoms in total. The van der Waals surface area contributed by atoms with E-state index < -0.39 is 0 Å². The van der Waals surface area contributed by atoms with Crippen molar-refractivity contribution in [1.29, 1.82) is 0 Å². The van der Waals surface area contributed by atoms with Gasteiger partial charge in [-0.15, -0.1) is 0 Å². The van der Waals surface area contributed by atoms with Crippen LogP contribution >= 0.6 is 27.5 Å². The number of nitrogens with two attached hydrogens (primary N) is 1. The summed E-state index contributed by atoms with van der Waals surface area (Å²) in [5, 5.41) is 0.738. The molecule has 14 heavy (non-hydrogen) atoms. The van der Waals surface area contributed by atoms with Gasteiger partial charge in [-0.2, -0.15) is 0 Å². The van der Waals surface area contributed by atoms with Crippen molar-refractivity contribution in [2.24, 2.45) is 11.7 Å². The molecule has 0 saturated carbocycles. The summed E-state index contributed by atoms with van der Waals surface area (Å²) in [4.78, 5) is 0. The Bertz CT molecular complexity index is 314. The second kappa shape index (κ2) is 5.15. The fourth-order valence-electron chi connectivity index (χ4n) is 1.33. The van der Waals surface area contributed by atoms with Crippen molar-refractivity contribution in [1.82, 2.24) is 0 Å². The van der Waals surface area contributed by atoms with Gasteiger partial charge in [0.2, 0.25) is 0 Å². The van der Waals surface area contributed by atoms with Crippen LogP contribution in [-0.2, 0) is 0 Å². The van der Waals surface area contributed by atoms with Crippen molar-refractivity contribution in [3.05, 3.63) is 33.3 Å². The molecule has 1 unspecified atom stereocenters. The van der Waals surface area contributed by atoms with Crippen LogP contribution in [0.3, 0.4) is 0 Å². The lowest BCUT2D eigenvalue weighted by atomic mass is 9.93. The van der Waals surface area contributed by atoms with Gasteiger partial charge in [0.25, 0.3) is 0 Å². The first kappa shape index (κ1) is 12.0. The van der Waals surface area contributed by atoms with Crippen LogP contribution in [0.4, 0.5) is 0 Å². The summed E-state index contributed by atoms with van der Waals surface area (Å²) in [6.07, 6.45) is 1.07. The molecule has 0 saturated heterocycles. The third kappa shape index (κ3) is 2.72. The molecular weight excluding hydrogens is 261 g/mol. The lowest BCUT2D eigenvalue weighted by Gasteiger charge is -2.20. The van der Waals surface area contributed by atoms with Crippen LogP contribution in [0.5, 0.6) is 0 Å².